The van der Waals surface area contributed by atoms with E-state index in [9.17, 15) is 4.79 Å². The predicted octanol–water partition coefficient (Wildman–Crippen LogP) is 5.44. The van der Waals surface area contributed by atoms with Crippen molar-refractivity contribution in [2.45, 2.75) is 115 Å². The molecule has 1 amide bonds. The van der Waals surface area contributed by atoms with Crippen LogP contribution in [0.5, 0.6) is 0 Å². The fourth-order valence-electron chi connectivity index (χ4n) is 5.50. The van der Waals surface area contributed by atoms with Gasteiger partial charge in [-0.1, -0.05) is 19.8 Å². The Morgan fingerprint density at radius 2 is 1.91 bits per heavy atom. The van der Waals surface area contributed by atoms with E-state index in [1.165, 1.54) is 0 Å². The van der Waals surface area contributed by atoms with E-state index in [2.05, 4.69) is 17.0 Å². The van der Waals surface area contributed by atoms with Gasteiger partial charge in [0.2, 0.25) is 5.28 Å². The monoisotopic (exact) mass is 506 g/mol. The Balaban J connectivity index is 1.57. The molecule has 2 aromatic heterocycles. The minimum atomic E-state index is -0.689. The zero-order chi connectivity index (χ0) is 25.1. The lowest BCUT2D eigenvalue weighted by molar-refractivity contribution is -0.188. The van der Waals surface area contributed by atoms with E-state index in [-0.39, 0.29) is 29.6 Å². The molecule has 0 unspecified atom stereocenters. The summed E-state index contributed by atoms with van der Waals surface area (Å²) in [6.45, 7) is 11.5. The van der Waals surface area contributed by atoms with Crippen molar-refractivity contribution >= 4 is 29.0 Å². The van der Waals surface area contributed by atoms with Crippen LogP contribution in [0.25, 0.3) is 5.52 Å². The largest absolute Gasteiger partial charge is 0.443 e. The number of carbonyl (C=O) groups excluding carboxylic acids is 1. The maximum atomic E-state index is 13.4. The molecule has 3 aliphatic rings. The summed E-state index contributed by atoms with van der Waals surface area (Å²) in [6.07, 6.45) is 3.31. The first-order chi connectivity index (χ1) is 16.5. The molecule has 5 rings (SSSR count). The summed E-state index contributed by atoms with van der Waals surface area (Å²) in [5.74, 6) is -0.242. The molecule has 4 atom stereocenters. The predicted molar refractivity (Wildman–Crippen MR) is 131 cm³/mol. The second-order valence-electron chi connectivity index (χ2n) is 11.1. The number of anilines is 1. The number of fused-ring (bicyclic) bond motifs is 2. The van der Waals surface area contributed by atoms with E-state index in [0.29, 0.717) is 11.3 Å². The molecule has 35 heavy (non-hydrogen) atoms. The Morgan fingerprint density at radius 3 is 2.57 bits per heavy atom. The van der Waals surface area contributed by atoms with Crippen molar-refractivity contribution in [1.82, 2.24) is 14.6 Å². The van der Waals surface area contributed by atoms with Crippen molar-refractivity contribution in [2.24, 2.45) is 0 Å². The summed E-state index contributed by atoms with van der Waals surface area (Å²) >= 11 is 6.44. The Hall–Kier alpha value is -1.94. The minimum absolute atomic E-state index is 0.0121. The average molecular weight is 507 g/mol. The number of aromatic nitrogens is 3. The quantitative estimate of drug-likeness (QED) is 0.545. The zero-order valence-corrected chi connectivity index (χ0v) is 22.0. The molecule has 1 saturated carbocycles. The molecule has 0 N–H and O–H groups in total. The van der Waals surface area contributed by atoms with E-state index in [4.69, 9.17) is 30.5 Å². The lowest BCUT2D eigenvalue weighted by Gasteiger charge is -2.31. The molecule has 0 aromatic carbocycles. The van der Waals surface area contributed by atoms with Gasteiger partial charge in [-0.15, -0.1) is 5.10 Å². The van der Waals surface area contributed by atoms with Gasteiger partial charge in [0.25, 0.3) is 0 Å². The Labute approximate surface area is 211 Å². The lowest BCUT2D eigenvalue weighted by Crippen LogP contribution is -2.43. The zero-order valence-electron chi connectivity index (χ0n) is 21.3. The summed E-state index contributed by atoms with van der Waals surface area (Å²) in [7, 11) is 0. The number of ether oxygens (including phenoxy) is 4. The average Bonchev–Trinajstić information content (AvgIpc) is 3.50. The Morgan fingerprint density at radius 1 is 1.23 bits per heavy atom. The summed E-state index contributed by atoms with van der Waals surface area (Å²) in [4.78, 5) is 19.6. The smallest absolute Gasteiger partial charge is 0.416 e. The summed E-state index contributed by atoms with van der Waals surface area (Å²) in [6, 6.07) is 3.84. The van der Waals surface area contributed by atoms with Gasteiger partial charge in [-0.05, 0) is 77.6 Å². The molecule has 0 spiro atoms. The number of hydrogen-bond donors (Lipinski definition) is 0. The number of rotatable bonds is 4. The lowest BCUT2D eigenvalue weighted by atomic mass is 10.0. The second kappa shape index (κ2) is 8.87. The normalized spacial score (nSPS) is 28.5. The van der Waals surface area contributed by atoms with Crippen LogP contribution >= 0.6 is 11.6 Å². The van der Waals surface area contributed by atoms with E-state index in [1.54, 1.807) is 9.42 Å². The first kappa shape index (κ1) is 24.7. The second-order valence-corrected chi connectivity index (χ2v) is 11.5. The molecule has 9 nitrogen and oxygen atoms in total. The summed E-state index contributed by atoms with van der Waals surface area (Å²) in [5.41, 5.74) is 0.816. The van der Waals surface area contributed by atoms with Crippen LogP contribution in [0.1, 0.15) is 85.4 Å². The van der Waals surface area contributed by atoms with Crippen LogP contribution < -0.4 is 4.90 Å². The van der Waals surface area contributed by atoms with Gasteiger partial charge in [-0.2, -0.15) is 4.98 Å². The molecule has 2 aromatic rings. The molecule has 3 fully saturated rings. The number of amides is 1. The van der Waals surface area contributed by atoms with Gasteiger partial charge in [0.15, 0.2) is 11.6 Å². The van der Waals surface area contributed by atoms with Gasteiger partial charge in [0, 0.05) is 6.04 Å². The fourth-order valence-corrected chi connectivity index (χ4v) is 5.65. The van der Waals surface area contributed by atoms with E-state index < -0.39 is 23.6 Å². The van der Waals surface area contributed by atoms with Gasteiger partial charge in [-0.25, -0.2) is 9.31 Å². The van der Waals surface area contributed by atoms with Gasteiger partial charge in [0.1, 0.15) is 29.4 Å². The highest BCUT2D eigenvalue weighted by Crippen LogP contribution is 2.46. The third-order valence-electron chi connectivity index (χ3n) is 6.85. The van der Waals surface area contributed by atoms with Crippen LogP contribution in [0.4, 0.5) is 10.6 Å². The standard InChI is InChI=1S/C25H35ClN4O5/c1-7-17-19-20(34-25(5,6)33-19)18(32-17)15-12-13-16-21(27-22(26)28-30(15)16)29(14-10-8-9-11-14)23(31)35-24(2,3)4/h12-14,17-20H,7-11H2,1-6H3/t17-,18+,19-,20+/m1/s1. The highest BCUT2D eigenvalue weighted by atomic mass is 35.5. The number of nitrogens with zero attached hydrogens (tertiary/aromatic N) is 4. The maximum Gasteiger partial charge on any atom is 0.416 e. The van der Waals surface area contributed by atoms with Gasteiger partial charge >= 0.3 is 6.09 Å². The fraction of sp³-hybridized carbons (Fsp3) is 0.720. The van der Waals surface area contributed by atoms with Crippen LogP contribution in [0, 0.1) is 0 Å². The van der Waals surface area contributed by atoms with E-state index in [0.717, 1.165) is 37.8 Å². The van der Waals surface area contributed by atoms with E-state index in [1.807, 2.05) is 46.8 Å². The molecule has 192 valence electrons. The van der Waals surface area contributed by atoms with Crippen molar-refractivity contribution in [3.05, 3.63) is 23.1 Å². The van der Waals surface area contributed by atoms with Crippen LogP contribution in [-0.2, 0) is 18.9 Å². The number of halogens is 1. The third kappa shape index (κ3) is 4.63. The van der Waals surface area contributed by atoms with Crippen molar-refractivity contribution in [3.8, 4) is 0 Å². The minimum Gasteiger partial charge on any atom is -0.443 e. The molecule has 0 radical (unpaired) electrons. The first-order valence-corrected chi connectivity index (χ1v) is 12.9. The molecule has 4 heterocycles. The molecule has 0 bridgehead atoms. The molecule has 2 aliphatic heterocycles. The van der Waals surface area contributed by atoms with Crippen LogP contribution in [0.15, 0.2) is 12.1 Å². The molecule has 1 aliphatic carbocycles. The van der Waals surface area contributed by atoms with Crippen LogP contribution in [0.3, 0.4) is 0 Å². The Bertz CT molecular complexity index is 1110. The van der Waals surface area contributed by atoms with Gasteiger partial charge in [-0.3, -0.25) is 4.90 Å². The van der Waals surface area contributed by atoms with Gasteiger partial charge < -0.3 is 18.9 Å². The van der Waals surface area contributed by atoms with Crippen molar-refractivity contribution < 1.29 is 23.7 Å². The van der Waals surface area contributed by atoms with Crippen molar-refractivity contribution in [2.75, 3.05) is 4.90 Å². The first-order valence-electron chi connectivity index (χ1n) is 12.6. The van der Waals surface area contributed by atoms with Gasteiger partial charge in [0.05, 0.1) is 11.8 Å². The maximum absolute atomic E-state index is 13.4. The number of hydrogen-bond acceptors (Lipinski definition) is 7. The van der Waals surface area contributed by atoms with E-state index >= 15 is 0 Å². The SMILES string of the molecule is CC[C@H]1O[C@@H](c2ccc3c(N(C(=O)OC(C)(C)C)C4CCCC4)nc(Cl)nn23)[C@@H]2OC(C)(C)O[C@@H]21. The molecular formula is C25H35ClN4O5. The highest BCUT2D eigenvalue weighted by Gasteiger charge is 2.55. The van der Waals surface area contributed by atoms with Crippen LogP contribution in [-0.4, -0.2) is 56.4 Å². The van der Waals surface area contributed by atoms with Crippen LogP contribution in [0.2, 0.25) is 5.28 Å². The third-order valence-corrected chi connectivity index (χ3v) is 7.01. The van der Waals surface area contributed by atoms with Crippen molar-refractivity contribution in [1.29, 1.82) is 0 Å². The Kier molecular flexibility index (Phi) is 6.27. The molecular weight excluding hydrogens is 472 g/mol. The summed E-state index contributed by atoms with van der Waals surface area (Å²) < 4.78 is 26.3. The molecule has 2 saturated heterocycles. The molecule has 10 heteroatoms. The number of carbonyl (C=O) groups is 1. The van der Waals surface area contributed by atoms with Crippen molar-refractivity contribution in [3.63, 3.8) is 0 Å². The summed E-state index contributed by atoms with van der Waals surface area (Å²) in [5, 5.41) is 4.54. The highest BCUT2D eigenvalue weighted by molar-refractivity contribution is 6.28. The topological polar surface area (TPSA) is 87.4 Å².